The number of hydrogen-bond donors (Lipinski definition) is 0. The van der Waals surface area contributed by atoms with Gasteiger partial charge in [0.05, 0.1) is 38.7 Å². The van der Waals surface area contributed by atoms with Crippen LogP contribution in [0.5, 0.6) is 0 Å². The van der Waals surface area contributed by atoms with E-state index in [4.69, 9.17) is 4.99 Å². The quantitative estimate of drug-likeness (QED) is 0.525. The van der Waals surface area contributed by atoms with E-state index in [1.54, 1.807) is 28.4 Å². The average Bonchev–Trinajstić information content (AvgIpc) is 3.02. The molecule has 3 nitrogen and oxygen atoms in total. The maximum absolute atomic E-state index is 13.2. The first kappa shape index (κ1) is 17.1. The fraction of sp³-hybridized carbons (Fsp3) is 0.100. The first-order valence-corrected chi connectivity index (χ1v) is 9.68. The van der Waals surface area contributed by atoms with E-state index < -0.39 is 0 Å². The summed E-state index contributed by atoms with van der Waals surface area (Å²) in [5.74, 6) is -0.312. The molecule has 1 amide bonds. The lowest BCUT2D eigenvalue weighted by molar-refractivity contribution is -0.117. The molecule has 4 rings (SSSR count). The van der Waals surface area contributed by atoms with Crippen LogP contribution in [-0.4, -0.2) is 11.6 Å². The van der Waals surface area contributed by atoms with E-state index in [0.717, 1.165) is 31.3 Å². The number of thiophene rings is 1. The van der Waals surface area contributed by atoms with E-state index in [0.29, 0.717) is 6.54 Å². The Balaban J connectivity index is 1.73. The molecule has 0 saturated heterocycles. The largest absolute Gasteiger partial charge is 0.306 e. The van der Waals surface area contributed by atoms with Gasteiger partial charge in [-0.05, 0) is 57.9 Å². The van der Waals surface area contributed by atoms with Gasteiger partial charge in [0.15, 0.2) is 0 Å². The Morgan fingerprint density at radius 3 is 2.58 bits per heavy atom. The Hall–Kier alpha value is -2.31. The van der Waals surface area contributed by atoms with Gasteiger partial charge in [-0.15, -0.1) is 11.3 Å². The van der Waals surface area contributed by atoms with E-state index >= 15 is 0 Å². The lowest BCUT2D eigenvalue weighted by Crippen LogP contribution is -2.30. The van der Waals surface area contributed by atoms with Crippen molar-refractivity contribution in [3.05, 3.63) is 80.7 Å². The number of nitrogens with zero attached hydrogens (tertiary/aromatic N) is 2. The third-order valence-corrected chi connectivity index (χ3v) is 5.83. The first-order chi connectivity index (χ1) is 12.6. The summed E-state index contributed by atoms with van der Waals surface area (Å²) in [5, 5.41) is 0. The minimum Gasteiger partial charge on any atom is -0.306 e. The van der Waals surface area contributed by atoms with Crippen LogP contribution in [0, 0.1) is 5.82 Å². The second-order valence-corrected chi connectivity index (χ2v) is 8.40. The second kappa shape index (κ2) is 7.13. The summed E-state index contributed by atoms with van der Waals surface area (Å²) in [6.07, 6.45) is 0.225. The van der Waals surface area contributed by atoms with E-state index in [-0.39, 0.29) is 18.1 Å². The average molecular weight is 429 g/mol. The molecule has 1 aromatic heterocycles. The van der Waals surface area contributed by atoms with Crippen LogP contribution in [-0.2, 0) is 11.3 Å². The Labute approximate surface area is 162 Å². The smallest absolute Gasteiger partial charge is 0.233 e. The molecule has 0 aliphatic carbocycles. The molecule has 2 heterocycles. The summed E-state index contributed by atoms with van der Waals surface area (Å²) in [7, 11) is 0. The van der Waals surface area contributed by atoms with Crippen LogP contribution in [0.1, 0.15) is 16.9 Å². The van der Waals surface area contributed by atoms with Crippen molar-refractivity contribution in [1.29, 1.82) is 0 Å². The molecule has 1 aliphatic rings. The Bertz CT molecular complexity index is 997. The highest BCUT2D eigenvalue weighted by Gasteiger charge is 2.25. The van der Waals surface area contributed by atoms with Crippen LogP contribution < -0.4 is 4.90 Å². The van der Waals surface area contributed by atoms with Crippen LogP contribution in [0.25, 0.3) is 0 Å². The van der Waals surface area contributed by atoms with Gasteiger partial charge in [-0.1, -0.05) is 24.3 Å². The maximum Gasteiger partial charge on any atom is 0.233 e. The SMILES string of the molecule is O=C1CC(c2ccc(Br)s2)=Nc2ccccc2N1Cc1ccc(F)cc1. The molecule has 0 atom stereocenters. The first-order valence-electron chi connectivity index (χ1n) is 8.07. The highest BCUT2D eigenvalue weighted by Crippen LogP contribution is 2.35. The highest BCUT2D eigenvalue weighted by atomic mass is 79.9. The predicted molar refractivity (Wildman–Crippen MR) is 107 cm³/mol. The van der Waals surface area contributed by atoms with Crippen LogP contribution in [0.4, 0.5) is 15.8 Å². The van der Waals surface area contributed by atoms with E-state index in [1.807, 2.05) is 36.4 Å². The topological polar surface area (TPSA) is 32.7 Å². The third-order valence-electron chi connectivity index (χ3n) is 4.16. The Kier molecular flexibility index (Phi) is 4.70. The minimum atomic E-state index is -0.287. The summed E-state index contributed by atoms with van der Waals surface area (Å²) < 4.78 is 14.2. The lowest BCUT2D eigenvalue weighted by atomic mass is 10.1. The van der Waals surface area contributed by atoms with Crippen molar-refractivity contribution in [3.63, 3.8) is 0 Å². The Morgan fingerprint density at radius 1 is 1.08 bits per heavy atom. The number of anilines is 1. The molecule has 130 valence electrons. The molecule has 6 heteroatoms. The number of para-hydroxylation sites is 2. The van der Waals surface area contributed by atoms with Crippen LogP contribution in [0.3, 0.4) is 0 Å². The zero-order valence-corrected chi connectivity index (χ0v) is 16.1. The number of rotatable bonds is 3. The maximum atomic E-state index is 13.2. The summed E-state index contributed by atoms with van der Waals surface area (Å²) in [5.41, 5.74) is 3.17. The van der Waals surface area contributed by atoms with Gasteiger partial charge in [0.2, 0.25) is 5.91 Å². The molecule has 0 bridgehead atoms. The zero-order chi connectivity index (χ0) is 18.1. The Morgan fingerprint density at radius 2 is 1.85 bits per heavy atom. The van der Waals surface area contributed by atoms with Gasteiger partial charge in [0.1, 0.15) is 5.82 Å². The van der Waals surface area contributed by atoms with E-state index in [9.17, 15) is 9.18 Å². The number of carbonyl (C=O) groups excluding carboxylic acids is 1. The molecule has 0 spiro atoms. The van der Waals surface area contributed by atoms with Gasteiger partial charge in [-0.25, -0.2) is 9.38 Å². The fourth-order valence-corrected chi connectivity index (χ4v) is 4.28. The van der Waals surface area contributed by atoms with Crippen molar-refractivity contribution >= 4 is 50.3 Å². The van der Waals surface area contributed by atoms with Gasteiger partial charge in [-0.2, -0.15) is 0 Å². The third kappa shape index (κ3) is 3.48. The molecule has 0 radical (unpaired) electrons. The predicted octanol–water partition coefficient (Wildman–Crippen LogP) is 5.71. The highest BCUT2D eigenvalue weighted by molar-refractivity contribution is 9.11. The van der Waals surface area contributed by atoms with Crippen LogP contribution >= 0.6 is 27.3 Å². The van der Waals surface area contributed by atoms with Crippen LogP contribution in [0.2, 0.25) is 0 Å². The molecule has 3 aromatic rings. The van der Waals surface area contributed by atoms with Crippen LogP contribution in [0.15, 0.2) is 69.4 Å². The van der Waals surface area contributed by atoms with Gasteiger partial charge in [0, 0.05) is 0 Å². The molecule has 0 saturated carbocycles. The monoisotopic (exact) mass is 428 g/mol. The van der Waals surface area contributed by atoms with E-state index in [2.05, 4.69) is 15.9 Å². The zero-order valence-electron chi connectivity index (χ0n) is 13.7. The van der Waals surface area contributed by atoms with Crippen molar-refractivity contribution < 1.29 is 9.18 Å². The standard InChI is InChI=1S/C20H14BrFN2OS/c21-19-10-9-18(26-19)16-11-20(25)24(12-13-5-7-14(22)8-6-13)17-4-2-1-3-15(17)23-16/h1-10H,11-12H2. The van der Waals surface area contributed by atoms with E-state index in [1.165, 1.54) is 12.1 Å². The molecule has 0 N–H and O–H groups in total. The number of amides is 1. The molecular weight excluding hydrogens is 415 g/mol. The van der Waals surface area contributed by atoms with Crippen molar-refractivity contribution in [1.82, 2.24) is 0 Å². The summed E-state index contributed by atoms with van der Waals surface area (Å²) in [6.45, 7) is 0.382. The van der Waals surface area contributed by atoms with Crippen molar-refractivity contribution in [2.45, 2.75) is 13.0 Å². The fourth-order valence-electron chi connectivity index (χ4n) is 2.90. The number of carbonyl (C=O) groups is 1. The number of benzene rings is 2. The van der Waals surface area contributed by atoms with Gasteiger partial charge in [-0.3, -0.25) is 4.79 Å². The molecule has 1 aliphatic heterocycles. The number of fused-ring (bicyclic) bond motifs is 1. The van der Waals surface area contributed by atoms with Crippen molar-refractivity contribution in [2.75, 3.05) is 4.90 Å². The summed E-state index contributed by atoms with van der Waals surface area (Å²) in [4.78, 5) is 20.5. The summed E-state index contributed by atoms with van der Waals surface area (Å²) >= 11 is 5.03. The van der Waals surface area contributed by atoms with Crippen molar-refractivity contribution in [2.24, 2.45) is 4.99 Å². The molecule has 0 unspecified atom stereocenters. The minimum absolute atomic E-state index is 0.0254. The van der Waals surface area contributed by atoms with Crippen molar-refractivity contribution in [3.8, 4) is 0 Å². The summed E-state index contributed by atoms with van der Waals surface area (Å²) in [6, 6.07) is 17.8. The number of halogens is 2. The second-order valence-electron chi connectivity index (χ2n) is 5.93. The number of aliphatic imine (C=N–C) groups is 1. The molecule has 0 fully saturated rings. The van der Waals surface area contributed by atoms with Gasteiger partial charge in [0.25, 0.3) is 0 Å². The molecule has 26 heavy (non-hydrogen) atoms. The molecule has 2 aromatic carbocycles. The normalized spacial score (nSPS) is 14.0. The van der Waals surface area contributed by atoms with Gasteiger partial charge < -0.3 is 4.90 Å². The molecular formula is C20H14BrFN2OS. The number of hydrogen-bond acceptors (Lipinski definition) is 3. The lowest BCUT2D eigenvalue weighted by Gasteiger charge is -2.22. The van der Waals surface area contributed by atoms with Gasteiger partial charge >= 0.3 is 0 Å².